The lowest BCUT2D eigenvalue weighted by Crippen LogP contribution is -1.85. The Balaban J connectivity index is 2.33. The van der Waals surface area contributed by atoms with E-state index in [1.807, 2.05) is 6.07 Å². The summed E-state index contributed by atoms with van der Waals surface area (Å²) in [5.74, 6) is 0.550. The second-order valence-electron chi connectivity index (χ2n) is 3.72. The van der Waals surface area contributed by atoms with E-state index < -0.39 is 0 Å². The third-order valence-corrected chi connectivity index (χ3v) is 2.82. The third kappa shape index (κ3) is 1.09. The molecule has 3 nitrogen and oxygen atoms in total. The maximum Gasteiger partial charge on any atom is 0.185 e. The van der Waals surface area contributed by atoms with Crippen molar-refractivity contribution >= 4 is 28.3 Å². The molecule has 1 aliphatic rings. The van der Waals surface area contributed by atoms with Crippen LogP contribution < -0.4 is 5.73 Å². The minimum Gasteiger partial charge on any atom is -0.399 e. The summed E-state index contributed by atoms with van der Waals surface area (Å²) in [6, 6.07) is 3.57. The van der Waals surface area contributed by atoms with E-state index in [9.17, 15) is 0 Å². The van der Waals surface area contributed by atoms with Crippen LogP contribution in [0.4, 0.5) is 5.69 Å². The minimum atomic E-state index is 0.541. The third-order valence-electron chi connectivity index (χ3n) is 2.54. The van der Waals surface area contributed by atoms with Gasteiger partial charge in [-0.05, 0) is 25.0 Å². The van der Waals surface area contributed by atoms with Crippen molar-refractivity contribution in [2.75, 3.05) is 5.73 Å². The Labute approximate surface area is 85.8 Å². The number of halogens is 1. The zero-order chi connectivity index (χ0) is 9.71. The molecule has 0 unspecified atom stereocenters. The number of aromatic nitrogens is 1. The topological polar surface area (TPSA) is 52.0 Å². The molecule has 0 radical (unpaired) electrons. The van der Waals surface area contributed by atoms with Gasteiger partial charge in [0.1, 0.15) is 0 Å². The largest absolute Gasteiger partial charge is 0.399 e. The van der Waals surface area contributed by atoms with Gasteiger partial charge in [0.15, 0.2) is 5.58 Å². The highest BCUT2D eigenvalue weighted by Crippen LogP contribution is 2.43. The molecule has 4 heteroatoms. The summed E-state index contributed by atoms with van der Waals surface area (Å²) in [5, 5.41) is 5.56. The first-order chi connectivity index (χ1) is 6.75. The fraction of sp³-hybridized carbons (Fsp3) is 0.300. The van der Waals surface area contributed by atoms with E-state index in [1.54, 1.807) is 6.07 Å². The zero-order valence-electron chi connectivity index (χ0n) is 7.46. The van der Waals surface area contributed by atoms with Crippen LogP contribution in [-0.4, -0.2) is 5.16 Å². The minimum absolute atomic E-state index is 0.541. The van der Waals surface area contributed by atoms with Gasteiger partial charge in [0.05, 0.1) is 10.7 Å². The first-order valence-electron chi connectivity index (χ1n) is 4.60. The summed E-state index contributed by atoms with van der Waals surface area (Å²) in [6.45, 7) is 0. The average Bonchev–Trinajstić information content (AvgIpc) is 2.87. The number of rotatable bonds is 1. The Hall–Kier alpha value is -1.22. The highest BCUT2D eigenvalue weighted by atomic mass is 35.5. The van der Waals surface area contributed by atoms with Crippen molar-refractivity contribution in [3.8, 4) is 0 Å². The van der Waals surface area contributed by atoms with Crippen molar-refractivity contribution in [2.45, 2.75) is 18.8 Å². The zero-order valence-corrected chi connectivity index (χ0v) is 8.21. The predicted octanol–water partition coefficient (Wildman–Crippen LogP) is 2.94. The number of nitrogen functional groups attached to an aromatic ring is 1. The molecule has 1 aromatic carbocycles. The van der Waals surface area contributed by atoms with Gasteiger partial charge >= 0.3 is 0 Å². The number of anilines is 1. The van der Waals surface area contributed by atoms with E-state index in [0.29, 0.717) is 22.2 Å². The number of hydrogen-bond donors (Lipinski definition) is 1. The number of fused-ring (bicyclic) bond motifs is 1. The maximum atomic E-state index is 5.99. The van der Waals surface area contributed by atoms with Crippen molar-refractivity contribution in [3.63, 3.8) is 0 Å². The lowest BCUT2D eigenvalue weighted by molar-refractivity contribution is 0.446. The lowest BCUT2D eigenvalue weighted by atomic mass is 10.1. The van der Waals surface area contributed by atoms with Crippen molar-refractivity contribution in [1.29, 1.82) is 0 Å². The van der Waals surface area contributed by atoms with E-state index in [4.69, 9.17) is 21.9 Å². The van der Waals surface area contributed by atoms with Crippen LogP contribution in [0.15, 0.2) is 16.7 Å². The normalized spacial score (nSPS) is 16.4. The van der Waals surface area contributed by atoms with Crippen molar-refractivity contribution in [3.05, 3.63) is 22.8 Å². The quantitative estimate of drug-likeness (QED) is 0.733. The van der Waals surface area contributed by atoms with Crippen LogP contribution in [0.1, 0.15) is 24.5 Å². The molecule has 1 saturated carbocycles. The Morgan fingerprint density at radius 1 is 1.43 bits per heavy atom. The summed E-state index contributed by atoms with van der Waals surface area (Å²) in [7, 11) is 0. The second kappa shape index (κ2) is 2.64. The molecule has 1 fully saturated rings. The lowest BCUT2D eigenvalue weighted by Gasteiger charge is -1.95. The number of hydrogen-bond acceptors (Lipinski definition) is 3. The molecule has 0 saturated heterocycles. The van der Waals surface area contributed by atoms with Crippen LogP contribution in [0.2, 0.25) is 5.02 Å². The van der Waals surface area contributed by atoms with Crippen LogP contribution in [0.3, 0.4) is 0 Å². The van der Waals surface area contributed by atoms with Crippen molar-refractivity contribution < 1.29 is 4.52 Å². The Bertz CT molecular complexity index is 502. The summed E-state index contributed by atoms with van der Waals surface area (Å²) in [6.07, 6.45) is 2.38. The predicted molar refractivity (Wildman–Crippen MR) is 55.4 cm³/mol. The number of nitrogens with zero attached hydrogens (tertiary/aromatic N) is 1. The van der Waals surface area contributed by atoms with Gasteiger partial charge in [-0.15, -0.1) is 0 Å². The fourth-order valence-electron chi connectivity index (χ4n) is 1.69. The smallest absolute Gasteiger partial charge is 0.185 e. The molecule has 72 valence electrons. The van der Waals surface area contributed by atoms with Gasteiger partial charge in [-0.3, -0.25) is 0 Å². The summed E-state index contributed by atoms with van der Waals surface area (Å²) >= 11 is 5.99. The SMILES string of the molecule is Nc1cc(Cl)c2onc(C3CC3)c2c1. The molecule has 1 aromatic heterocycles. The van der Waals surface area contributed by atoms with Gasteiger partial charge < -0.3 is 10.3 Å². The molecule has 0 amide bonds. The van der Waals surface area contributed by atoms with Gasteiger partial charge in [0, 0.05) is 17.0 Å². The summed E-state index contributed by atoms with van der Waals surface area (Å²) < 4.78 is 5.20. The van der Waals surface area contributed by atoms with Gasteiger partial charge in [0.25, 0.3) is 0 Å². The van der Waals surface area contributed by atoms with Crippen LogP contribution in [0, 0.1) is 0 Å². The van der Waals surface area contributed by atoms with Crippen LogP contribution in [0.5, 0.6) is 0 Å². The molecule has 2 aromatic rings. The molecule has 0 atom stereocenters. The first kappa shape index (κ1) is 8.12. The number of benzene rings is 1. The van der Waals surface area contributed by atoms with Gasteiger partial charge in [-0.25, -0.2) is 0 Å². The molecule has 1 heterocycles. The van der Waals surface area contributed by atoms with Gasteiger partial charge in [-0.1, -0.05) is 16.8 Å². The molecular weight excluding hydrogens is 200 g/mol. The molecular formula is C10H9ClN2O. The molecule has 0 aliphatic heterocycles. The van der Waals surface area contributed by atoms with Crippen LogP contribution >= 0.6 is 11.6 Å². The second-order valence-corrected chi connectivity index (χ2v) is 4.13. The van der Waals surface area contributed by atoms with E-state index in [1.165, 1.54) is 12.8 Å². The summed E-state index contributed by atoms with van der Waals surface area (Å²) in [4.78, 5) is 0. The Morgan fingerprint density at radius 2 is 2.21 bits per heavy atom. The molecule has 14 heavy (non-hydrogen) atoms. The molecule has 0 spiro atoms. The van der Waals surface area contributed by atoms with E-state index in [-0.39, 0.29) is 0 Å². The maximum absolute atomic E-state index is 5.99. The van der Waals surface area contributed by atoms with E-state index in [0.717, 1.165) is 11.1 Å². The van der Waals surface area contributed by atoms with Crippen molar-refractivity contribution in [2.24, 2.45) is 0 Å². The fourth-order valence-corrected chi connectivity index (χ4v) is 1.95. The van der Waals surface area contributed by atoms with Crippen molar-refractivity contribution in [1.82, 2.24) is 5.16 Å². The highest BCUT2D eigenvalue weighted by Gasteiger charge is 2.29. The van der Waals surface area contributed by atoms with E-state index in [2.05, 4.69) is 5.16 Å². The van der Waals surface area contributed by atoms with E-state index >= 15 is 0 Å². The van der Waals surface area contributed by atoms with Crippen LogP contribution in [-0.2, 0) is 0 Å². The molecule has 1 aliphatic carbocycles. The molecule has 2 N–H and O–H groups in total. The van der Waals surface area contributed by atoms with Gasteiger partial charge in [0.2, 0.25) is 0 Å². The monoisotopic (exact) mass is 208 g/mol. The number of nitrogens with two attached hydrogens (primary N) is 1. The Morgan fingerprint density at radius 3 is 2.93 bits per heavy atom. The Kier molecular flexibility index (Phi) is 1.53. The standard InChI is InChI=1S/C10H9ClN2O/c11-8-4-6(12)3-7-9(5-1-2-5)13-14-10(7)8/h3-5H,1-2,12H2. The van der Waals surface area contributed by atoms with Gasteiger partial charge in [-0.2, -0.15) is 0 Å². The molecule has 3 rings (SSSR count). The summed E-state index contributed by atoms with van der Waals surface area (Å²) in [5.41, 5.74) is 8.04. The average molecular weight is 209 g/mol. The molecule has 0 bridgehead atoms. The highest BCUT2D eigenvalue weighted by molar-refractivity contribution is 6.35. The van der Waals surface area contributed by atoms with Crippen LogP contribution in [0.25, 0.3) is 11.0 Å². The first-order valence-corrected chi connectivity index (χ1v) is 4.98.